The minimum absolute atomic E-state index is 0.249. The van der Waals surface area contributed by atoms with Crippen molar-refractivity contribution in [3.05, 3.63) is 30.1 Å². The van der Waals surface area contributed by atoms with Crippen molar-refractivity contribution >= 4 is 5.84 Å². The molecule has 1 heterocycles. The fourth-order valence-electron chi connectivity index (χ4n) is 1.92. The van der Waals surface area contributed by atoms with Crippen molar-refractivity contribution in [1.82, 2.24) is 4.98 Å². The predicted octanol–water partition coefficient (Wildman–Crippen LogP) is 1.30. The van der Waals surface area contributed by atoms with Crippen LogP contribution >= 0.6 is 0 Å². The SMILES string of the molecule is CC1CC1(C(=N)N)c1ccccn1. The molecule has 1 aromatic heterocycles. The molecule has 1 aliphatic carbocycles. The van der Waals surface area contributed by atoms with Gasteiger partial charge in [0.15, 0.2) is 0 Å². The summed E-state index contributed by atoms with van der Waals surface area (Å²) in [6.07, 6.45) is 2.71. The third-order valence-electron chi connectivity index (χ3n) is 2.91. The van der Waals surface area contributed by atoms with Gasteiger partial charge in [0.05, 0.1) is 11.1 Å². The van der Waals surface area contributed by atoms with Crippen LogP contribution in [0.2, 0.25) is 0 Å². The second-order valence-electron chi connectivity index (χ2n) is 3.71. The van der Waals surface area contributed by atoms with E-state index in [-0.39, 0.29) is 11.3 Å². The van der Waals surface area contributed by atoms with E-state index in [1.54, 1.807) is 6.20 Å². The normalized spacial score (nSPS) is 31.3. The Morgan fingerprint density at radius 2 is 2.38 bits per heavy atom. The lowest BCUT2D eigenvalue weighted by Gasteiger charge is -2.13. The summed E-state index contributed by atoms with van der Waals surface area (Å²) in [6, 6.07) is 5.77. The lowest BCUT2D eigenvalue weighted by molar-refractivity contribution is 0.775. The minimum atomic E-state index is -0.249. The van der Waals surface area contributed by atoms with Crippen molar-refractivity contribution in [2.75, 3.05) is 0 Å². The largest absolute Gasteiger partial charge is 0.387 e. The summed E-state index contributed by atoms with van der Waals surface area (Å²) in [5.74, 6) is 0.707. The van der Waals surface area contributed by atoms with Crippen LogP contribution in [-0.2, 0) is 5.41 Å². The Labute approximate surface area is 77.5 Å². The molecule has 1 aliphatic rings. The highest BCUT2D eigenvalue weighted by Gasteiger charge is 2.56. The quantitative estimate of drug-likeness (QED) is 0.525. The maximum absolute atomic E-state index is 7.57. The average Bonchev–Trinajstić information content (AvgIpc) is 2.80. The highest BCUT2D eigenvalue weighted by atomic mass is 14.9. The van der Waals surface area contributed by atoms with Crippen LogP contribution < -0.4 is 5.73 Å². The third kappa shape index (κ3) is 1.03. The van der Waals surface area contributed by atoms with Gasteiger partial charge >= 0.3 is 0 Å². The summed E-state index contributed by atoms with van der Waals surface area (Å²) in [4.78, 5) is 4.26. The molecule has 3 nitrogen and oxygen atoms in total. The molecule has 3 heteroatoms. The molecule has 1 saturated carbocycles. The first-order valence-corrected chi connectivity index (χ1v) is 4.44. The van der Waals surface area contributed by atoms with E-state index in [1.807, 2.05) is 18.2 Å². The van der Waals surface area contributed by atoms with Gasteiger partial charge in [0.2, 0.25) is 0 Å². The number of pyridine rings is 1. The Balaban J connectivity index is 2.40. The summed E-state index contributed by atoms with van der Waals surface area (Å²) in [5.41, 5.74) is 6.29. The van der Waals surface area contributed by atoms with Crippen molar-refractivity contribution < 1.29 is 0 Å². The van der Waals surface area contributed by atoms with E-state index in [4.69, 9.17) is 11.1 Å². The first-order chi connectivity index (χ1) is 6.18. The molecule has 2 rings (SSSR count). The van der Waals surface area contributed by atoms with E-state index in [2.05, 4.69) is 11.9 Å². The molecule has 0 radical (unpaired) electrons. The first kappa shape index (κ1) is 8.23. The van der Waals surface area contributed by atoms with Crippen LogP contribution in [-0.4, -0.2) is 10.8 Å². The van der Waals surface area contributed by atoms with E-state index in [9.17, 15) is 0 Å². The fraction of sp³-hybridized carbons (Fsp3) is 0.400. The van der Waals surface area contributed by atoms with Gasteiger partial charge in [-0.3, -0.25) is 10.4 Å². The van der Waals surface area contributed by atoms with Crippen molar-refractivity contribution in [1.29, 1.82) is 5.41 Å². The maximum atomic E-state index is 7.57. The number of aromatic nitrogens is 1. The predicted molar refractivity (Wildman–Crippen MR) is 51.6 cm³/mol. The molecule has 2 unspecified atom stereocenters. The van der Waals surface area contributed by atoms with E-state index >= 15 is 0 Å². The van der Waals surface area contributed by atoms with Gasteiger partial charge in [-0.05, 0) is 24.5 Å². The van der Waals surface area contributed by atoms with Crippen LogP contribution in [0, 0.1) is 11.3 Å². The van der Waals surface area contributed by atoms with Gasteiger partial charge in [-0.15, -0.1) is 0 Å². The number of hydrogen-bond donors (Lipinski definition) is 2. The molecule has 0 spiro atoms. The lowest BCUT2D eigenvalue weighted by atomic mass is 9.97. The topological polar surface area (TPSA) is 62.8 Å². The summed E-state index contributed by atoms with van der Waals surface area (Å²) >= 11 is 0. The minimum Gasteiger partial charge on any atom is -0.387 e. The molecule has 2 atom stereocenters. The van der Waals surface area contributed by atoms with Crippen LogP contribution in [0.3, 0.4) is 0 Å². The number of nitrogens with zero attached hydrogens (tertiary/aromatic N) is 1. The molecule has 1 aromatic rings. The van der Waals surface area contributed by atoms with E-state index < -0.39 is 0 Å². The summed E-state index contributed by atoms with van der Waals surface area (Å²) in [6.45, 7) is 2.11. The Morgan fingerprint density at radius 1 is 1.69 bits per heavy atom. The Bertz CT molecular complexity index is 333. The number of nitrogens with two attached hydrogens (primary N) is 1. The monoisotopic (exact) mass is 175 g/mol. The van der Waals surface area contributed by atoms with Crippen molar-refractivity contribution in [3.8, 4) is 0 Å². The average molecular weight is 175 g/mol. The van der Waals surface area contributed by atoms with Crippen molar-refractivity contribution in [2.45, 2.75) is 18.8 Å². The Hall–Kier alpha value is -1.38. The molecule has 0 amide bonds. The maximum Gasteiger partial charge on any atom is 0.103 e. The van der Waals surface area contributed by atoms with Crippen molar-refractivity contribution in [3.63, 3.8) is 0 Å². The van der Waals surface area contributed by atoms with E-state index in [0.29, 0.717) is 5.92 Å². The lowest BCUT2D eigenvalue weighted by Crippen LogP contribution is -2.30. The molecule has 1 fully saturated rings. The zero-order chi connectivity index (χ0) is 9.47. The smallest absolute Gasteiger partial charge is 0.103 e. The molecule has 0 aromatic carbocycles. The second-order valence-corrected chi connectivity index (χ2v) is 3.71. The zero-order valence-corrected chi connectivity index (χ0v) is 7.62. The molecule has 3 N–H and O–H groups in total. The molecular formula is C10H13N3. The molecular weight excluding hydrogens is 162 g/mol. The number of nitrogens with one attached hydrogen (secondary N) is 1. The summed E-state index contributed by atoms with van der Waals surface area (Å²) < 4.78 is 0. The number of amidine groups is 1. The van der Waals surface area contributed by atoms with Gasteiger partial charge in [-0.1, -0.05) is 13.0 Å². The zero-order valence-electron chi connectivity index (χ0n) is 7.62. The second kappa shape index (κ2) is 2.55. The van der Waals surface area contributed by atoms with Crippen LogP contribution in [0.25, 0.3) is 0 Å². The fourth-order valence-corrected chi connectivity index (χ4v) is 1.92. The van der Waals surface area contributed by atoms with Gasteiger partial charge in [-0.25, -0.2) is 0 Å². The van der Waals surface area contributed by atoms with Crippen LogP contribution in [0.4, 0.5) is 0 Å². The molecule has 0 aliphatic heterocycles. The van der Waals surface area contributed by atoms with Gasteiger partial charge in [0.25, 0.3) is 0 Å². The molecule has 68 valence electrons. The molecule has 0 saturated heterocycles. The van der Waals surface area contributed by atoms with Gasteiger partial charge in [0, 0.05) is 6.20 Å². The Morgan fingerprint density at radius 3 is 2.77 bits per heavy atom. The van der Waals surface area contributed by atoms with Crippen LogP contribution in [0.1, 0.15) is 19.0 Å². The van der Waals surface area contributed by atoms with Crippen LogP contribution in [0.15, 0.2) is 24.4 Å². The van der Waals surface area contributed by atoms with E-state index in [1.165, 1.54) is 0 Å². The summed E-state index contributed by atoms with van der Waals surface area (Å²) in [7, 11) is 0. The number of rotatable bonds is 2. The van der Waals surface area contributed by atoms with Gasteiger partial charge in [0.1, 0.15) is 5.84 Å². The highest BCUT2D eigenvalue weighted by molar-refractivity contribution is 5.92. The van der Waals surface area contributed by atoms with E-state index in [0.717, 1.165) is 12.1 Å². The summed E-state index contributed by atoms with van der Waals surface area (Å²) in [5, 5.41) is 7.57. The van der Waals surface area contributed by atoms with Crippen LogP contribution in [0.5, 0.6) is 0 Å². The standard InChI is InChI=1S/C10H13N3/c1-7-6-10(7,9(11)12)8-4-2-3-5-13-8/h2-5,7H,6H2,1H3,(H3,11,12). The van der Waals surface area contributed by atoms with Gasteiger partial charge < -0.3 is 5.73 Å². The van der Waals surface area contributed by atoms with Crippen molar-refractivity contribution in [2.24, 2.45) is 11.7 Å². The highest BCUT2D eigenvalue weighted by Crippen LogP contribution is 2.52. The van der Waals surface area contributed by atoms with Gasteiger partial charge in [-0.2, -0.15) is 0 Å². The first-order valence-electron chi connectivity index (χ1n) is 4.44. The molecule has 13 heavy (non-hydrogen) atoms. The third-order valence-corrected chi connectivity index (χ3v) is 2.91. The number of hydrogen-bond acceptors (Lipinski definition) is 2. The molecule has 0 bridgehead atoms. The Kier molecular flexibility index (Phi) is 1.62.